The summed E-state index contributed by atoms with van der Waals surface area (Å²) < 4.78 is 0. The van der Waals surface area contributed by atoms with Crippen molar-refractivity contribution in [1.29, 1.82) is 0 Å². The van der Waals surface area contributed by atoms with E-state index in [1.165, 1.54) is 10.8 Å². The number of hydrogen-bond donors (Lipinski definition) is 1. The largest absolute Gasteiger partial charge is 1.00 e. The van der Waals surface area contributed by atoms with Crippen molar-refractivity contribution in [3.05, 3.63) is 42.5 Å². The first-order chi connectivity index (χ1) is 5.38. The standard InChI is InChI=1S/C10H8S.Li.H/c11-10-7-3-5-8-4-1-2-6-9(8)10;;/h1-7,11H;;/q;+1;-1. The van der Waals surface area contributed by atoms with Gasteiger partial charge in [-0.05, 0) is 16.8 Å². The van der Waals surface area contributed by atoms with Gasteiger partial charge in [0.1, 0.15) is 0 Å². The Kier molecular flexibility index (Phi) is 3.28. The molecule has 0 saturated carbocycles. The zero-order valence-electron chi connectivity index (χ0n) is 7.99. The minimum Gasteiger partial charge on any atom is -1.00 e. The quantitative estimate of drug-likeness (QED) is 0.423. The van der Waals surface area contributed by atoms with Gasteiger partial charge in [0.15, 0.2) is 0 Å². The maximum absolute atomic E-state index is 4.35. The Balaban J connectivity index is 0.000000720. The van der Waals surface area contributed by atoms with Crippen molar-refractivity contribution >= 4 is 23.4 Å². The van der Waals surface area contributed by atoms with Crippen molar-refractivity contribution in [1.82, 2.24) is 0 Å². The summed E-state index contributed by atoms with van der Waals surface area (Å²) in [7, 11) is 0. The molecule has 0 aliphatic rings. The Hall–Kier alpha value is -0.353. The van der Waals surface area contributed by atoms with E-state index in [4.69, 9.17) is 0 Å². The fraction of sp³-hybridized carbons (Fsp3) is 0. The fourth-order valence-electron chi connectivity index (χ4n) is 1.21. The van der Waals surface area contributed by atoms with Crippen LogP contribution in [0.1, 0.15) is 1.43 Å². The maximum Gasteiger partial charge on any atom is 1.00 e. The van der Waals surface area contributed by atoms with Gasteiger partial charge in [-0.1, -0.05) is 36.4 Å². The Morgan fingerprint density at radius 3 is 2.33 bits per heavy atom. The van der Waals surface area contributed by atoms with Gasteiger partial charge in [-0.3, -0.25) is 0 Å². The number of benzene rings is 2. The summed E-state index contributed by atoms with van der Waals surface area (Å²) in [6.45, 7) is 0. The SMILES string of the molecule is Sc1cccc2ccccc12.[H-].[Li+]. The first-order valence-corrected chi connectivity index (χ1v) is 3.99. The van der Waals surface area contributed by atoms with E-state index in [0.29, 0.717) is 0 Å². The van der Waals surface area contributed by atoms with Crippen LogP contribution in [-0.4, -0.2) is 0 Å². The minimum atomic E-state index is 0. The second-order valence-electron chi connectivity index (χ2n) is 2.50. The van der Waals surface area contributed by atoms with Gasteiger partial charge in [-0.25, -0.2) is 0 Å². The van der Waals surface area contributed by atoms with Crippen molar-refractivity contribution in [2.24, 2.45) is 0 Å². The maximum atomic E-state index is 4.35. The molecule has 0 bridgehead atoms. The van der Waals surface area contributed by atoms with E-state index >= 15 is 0 Å². The summed E-state index contributed by atoms with van der Waals surface area (Å²) in [6.07, 6.45) is 0. The first kappa shape index (κ1) is 9.73. The van der Waals surface area contributed by atoms with Crippen LogP contribution in [-0.2, 0) is 0 Å². The molecule has 0 atom stereocenters. The van der Waals surface area contributed by atoms with Gasteiger partial charge >= 0.3 is 18.9 Å². The van der Waals surface area contributed by atoms with Gasteiger partial charge in [0.25, 0.3) is 0 Å². The molecule has 0 fully saturated rings. The molecule has 0 aromatic heterocycles. The smallest absolute Gasteiger partial charge is 1.00 e. The average molecular weight is 168 g/mol. The van der Waals surface area contributed by atoms with Crippen LogP contribution in [0.25, 0.3) is 10.8 Å². The first-order valence-electron chi connectivity index (χ1n) is 3.54. The summed E-state index contributed by atoms with van der Waals surface area (Å²) in [4.78, 5) is 1.04. The molecular formula is C10H9LiS. The fourth-order valence-corrected chi connectivity index (χ4v) is 1.50. The van der Waals surface area contributed by atoms with Crippen molar-refractivity contribution in [2.45, 2.75) is 4.90 Å². The van der Waals surface area contributed by atoms with E-state index in [-0.39, 0.29) is 20.3 Å². The summed E-state index contributed by atoms with van der Waals surface area (Å²) in [6, 6.07) is 14.4. The molecule has 0 radical (unpaired) electrons. The van der Waals surface area contributed by atoms with Crippen LogP contribution in [0.4, 0.5) is 0 Å². The molecule has 0 nitrogen and oxygen atoms in total. The second-order valence-corrected chi connectivity index (χ2v) is 2.98. The van der Waals surface area contributed by atoms with E-state index < -0.39 is 0 Å². The topological polar surface area (TPSA) is 0 Å². The third kappa shape index (κ3) is 1.69. The van der Waals surface area contributed by atoms with Crippen LogP contribution in [0.3, 0.4) is 0 Å². The van der Waals surface area contributed by atoms with Crippen LogP contribution < -0.4 is 18.9 Å². The Morgan fingerprint density at radius 2 is 1.58 bits per heavy atom. The minimum absolute atomic E-state index is 0. The van der Waals surface area contributed by atoms with E-state index in [9.17, 15) is 0 Å². The molecule has 0 aliphatic heterocycles. The monoisotopic (exact) mass is 168 g/mol. The molecule has 0 unspecified atom stereocenters. The molecule has 0 saturated heterocycles. The summed E-state index contributed by atoms with van der Waals surface area (Å²) in [5.41, 5.74) is 0. The van der Waals surface area contributed by atoms with Gasteiger partial charge in [-0.15, -0.1) is 12.6 Å². The Labute approximate surface area is 91.1 Å². The van der Waals surface area contributed by atoms with Crippen molar-refractivity contribution in [3.8, 4) is 0 Å². The van der Waals surface area contributed by atoms with Gasteiger partial charge in [0.2, 0.25) is 0 Å². The van der Waals surface area contributed by atoms with Gasteiger partial charge in [0, 0.05) is 4.90 Å². The zero-order valence-corrected chi connectivity index (χ0v) is 7.88. The molecule has 2 aromatic rings. The predicted molar refractivity (Wildman–Crippen MR) is 52.3 cm³/mol. The van der Waals surface area contributed by atoms with Crippen LogP contribution >= 0.6 is 12.6 Å². The number of thiol groups is 1. The van der Waals surface area contributed by atoms with Gasteiger partial charge < -0.3 is 1.43 Å². The molecule has 0 heterocycles. The second kappa shape index (κ2) is 4.05. The van der Waals surface area contributed by atoms with E-state index in [1.54, 1.807) is 0 Å². The normalized spacial score (nSPS) is 9.42. The molecule has 0 N–H and O–H groups in total. The van der Waals surface area contributed by atoms with Gasteiger partial charge in [-0.2, -0.15) is 0 Å². The molecule has 2 rings (SSSR count). The number of hydrogen-bond acceptors (Lipinski definition) is 1. The molecular weight excluding hydrogens is 159 g/mol. The Bertz CT molecular complexity index is 384. The summed E-state index contributed by atoms with van der Waals surface area (Å²) in [5.74, 6) is 0. The van der Waals surface area contributed by atoms with Crippen LogP contribution in [0.2, 0.25) is 0 Å². The number of rotatable bonds is 0. The Morgan fingerprint density at radius 1 is 0.917 bits per heavy atom. The molecule has 0 aliphatic carbocycles. The van der Waals surface area contributed by atoms with Gasteiger partial charge in [0.05, 0.1) is 0 Å². The number of fused-ring (bicyclic) bond motifs is 1. The summed E-state index contributed by atoms with van der Waals surface area (Å²) >= 11 is 4.35. The summed E-state index contributed by atoms with van der Waals surface area (Å²) in [5, 5.41) is 2.47. The van der Waals surface area contributed by atoms with Crippen molar-refractivity contribution < 1.29 is 20.3 Å². The van der Waals surface area contributed by atoms with E-state index in [2.05, 4.69) is 30.8 Å². The van der Waals surface area contributed by atoms with Crippen molar-refractivity contribution in [2.75, 3.05) is 0 Å². The zero-order chi connectivity index (χ0) is 7.68. The average Bonchev–Trinajstić information content (AvgIpc) is 2.06. The third-order valence-electron chi connectivity index (χ3n) is 1.77. The van der Waals surface area contributed by atoms with Crippen LogP contribution in [0.5, 0.6) is 0 Å². The van der Waals surface area contributed by atoms with Crippen LogP contribution in [0.15, 0.2) is 47.4 Å². The predicted octanol–water partition coefficient (Wildman–Crippen LogP) is 0.245. The van der Waals surface area contributed by atoms with E-state index in [0.717, 1.165) is 4.90 Å². The third-order valence-corrected chi connectivity index (χ3v) is 2.16. The molecule has 2 aromatic carbocycles. The van der Waals surface area contributed by atoms with Crippen LogP contribution in [0, 0.1) is 0 Å². The molecule has 0 spiro atoms. The molecule has 0 amide bonds. The van der Waals surface area contributed by atoms with Crippen molar-refractivity contribution in [3.63, 3.8) is 0 Å². The molecule has 56 valence electrons. The van der Waals surface area contributed by atoms with E-state index in [1.807, 2.05) is 24.3 Å². The molecule has 2 heteroatoms. The molecule has 12 heavy (non-hydrogen) atoms.